The van der Waals surface area contributed by atoms with Crippen molar-refractivity contribution in [3.05, 3.63) is 0 Å². The smallest absolute Gasteiger partial charge is 0.391 e. The summed E-state index contributed by atoms with van der Waals surface area (Å²) in [5.41, 5.74) is 5.45. The highest BCUT2D eigenvalue weighted by Gasteiger charge is 2.37. The third kappa shape index (κ3) is 2.87. The Morgan fingerprint density at radius 1 is 1.57 bits per heavy atom. The first kappa shape index (κ1) is 11.8. The van der Waals surface area contributed by atoms with Gasteiger partial charge in [-0.25, -0.2) is 4.18 Å². The van der Waals surface area contributed by atoms with E-state index in [0.29, 0.717) is 0 Å². The highest BCUT2D eigenvalue weighted by Crippen LogP contribution is 2.22. The van der Waals surface area contributed by atoms with E-state index in [1.807, 2.05) is 0 Å². The van der Waals surface area contributed by atoms with E-state index < -0.39 is 34.8 Å². The van der Waals surface area contributed by atoms with Crippen LogP contribution in [0.15, 0.2) is 0 Å². The Kier molecular flexibility index (Phi) is 3.45. The number of nitrogens with two attached hydrogens (primary N) is 1. The Morgan fingerprint density at radius 2 is 2.14 bits per heavy atom. The molecule has 0 aromatic heterocycles. The van der Waals surface area contributed by atoms with E-state index in [1.165, 1.54) is 6.92 Å². The van der Waals surface area contributed by atoms with Gasteiger partial charge in [-0.05, 0) is 0 Å². The Morgan fingerprint density at radius 3 is 2.64 bits per heavy atom. The molecule has 0 aromatic carbocycles. The van der Waals surface area contributed by atoms with Crippen LogP contribution < -0.4 is 5.73 Å². The lowest BCUT2D eigenvalue weighted by molar-refractivity contribution is -0.180. The third-order valence-electron chi connectivity index (χ3n) is 2.08. The van der Waals surface area contributed by atoms with Crippen LogP contribution in [-0.2, 0) is 19.3 Å². The molecule has 1 aliphatic rings. The van der Waals surface area contributed by atoms with Crippen molar-refractivity contribution < 1.29 is 27.0 Å². The average molecular weight is 227 g/mol. The Labute approximate surface area is 81.8 Å². The maximum Gasteiger partial charge on any atom is 0.399 e. The largest absolute Gasteiger partial charge is 0.399 e. The van der Waals surface area contributed by atoms with Crippen molar-refractivity contribution >= 4 is 10.4 Å². The standard InChI is InChI=1S/C6H13NO6S/c1-3-5(8)4(7)2-12-6(3)13-14(9,10)11/h3-6,8H,2,7H2,1H3,(H,9,10,11). The molecule has 1 heterocycles. The van der Waals surface area contributed by atoms with Gasteiger partial charge in [0.1, 0.15) is 0 Å². The van der Waals surface area contributed by atoms with Gasteiger partial charge < -0.3 is 15.6 Å². The van der Waals surface area contributed by atoms with Crippen LogP contribution in [0.25, 0.3) is 0 Å². The van der Waals surface area contributed by atoms with E-state index in [4.69, 9.17) is 15.0 Å². The van der Waals surface area contributed by atoms with E-state index in [2.05, 4.69) is 4.18 Å². The van der Waals surface area contributed by atoms with Crippen LogP contribution in [0.2, 0.25) is 0 Å². The number of aliphatic hydroxyl groups is 1. The molecule has 0 aliphatic carbocycles. The zero-order valence-electron chi connectivity index (χ0n) is 7.53. The van der Waals surface area contributed by atoms with Gasteiger partial charge in [0.25, 0.3) is 0 Å². The van der Waals surface area contributed by atoms with E-state index in [-0.39, 0.29) is 6.61 Å². The van der Waals surface area contributed by atoms with Crippen molar-refractivity contribution in [2.24, 2.45) is 11.7 Å². The molecule has 4 unspecified atom stereocenters. The summed E-state index contributed by atoms with van der Waals surface area (Å²) in [6, 6.07) is -0.578. The van der Waals surface area contributed by atoms with Gasteiger partial charge in [0.2, 0.25) is 0 Å². The molecule has 1 saturated heterocycles. The van der Waals surface area contributed by atoms with Gasteiger partial charge in [-0.1, -0.05) is 6.92 Å². The maximum absolute atomic E-state index is 10.4. The van der Waals surface area contributed by atoms with Crippen LogP contribution in [0.1, 0.15) is 6.92 Å². The van der Waals surface area contributed by atoms with Gasteiger partial charge in [-0.2, -0.15) is 8.42 Å². The maximum atomic E-state index is 10.4. The Hall–Kier alpha value is -0.250. The quantitative estimate of drug-likeness (QED) is 0.490. The first-order chi connectivity index (χ1) is 6.31. The summed E-state index contributed by atoms with van der Waals surface area (Å²) in [4.78, 5) is 0. The average Bonchev–Trinajstić information content (AvgIpc) is 2.04. The summed E-state index contributed by atoms with van der Waals surface area (Å²) < 4.78 is 38.2. The molecule has 0 aromatic rings. The predicted molar refractivity (Wildman–Crippen MR) is 45.5 cm³/mol. The van der Waals surface area contributed by atoms with Crippen molar-refractivity contribution in [3.8, 4) is 0 Å². The highest BCUT2D eigenvalue weighted by molar-refractivity contribution is 7.80. The molecule has 14 heavy (non-hydrogen) atoms. The van der Waals surface area contributed by atoms with Gasteiger partial charge in [-0.3, -0.25) is 4.55 Å². The van der Waals surface area contributed by atoms with Crippen LogP contribution in [0.3, 0.4) is 0 Å². The van der Waals surface area contributed by atoms with Crippen molar-refractivity contribution in [1.29, 1.82) is 0 Å². The minimum Gasteiger partial charge on any atom is -0.391 e. The zero-order chi connectivity index (χ0) is 10.9. The number of hydrogen-bond donors (Lipinski definition) is 3. The molecule has 0 bridgehead atoms. The fourth-order valence-corrected chi connectivity index (χ4v) is 1.71. The molecule has 4 N–H and O–H groups in total. The van der Waals surface area contributed by atoms with Crippen molar-refractivity contribution in [2.45, 2.75) is 25.4 Å². The van der Waals surface area contributed by atoms with Gasteiger partial charge in [-0.15, -0.1) is 0 Å². The normalized spacial score (nSPS) is 39.7. The molecule has 0 amide bonds. The summed E-state index contributed by atoms with van der Waals surface area (Å²) in [7, 11) is -4.57. The SMILES string of the molecule is CC1C(OS(=O)(=O)O)OCC(N)C1O. The summed E-state index contributed by atoms with van der Waals surface area (Å²) >= 11 is 0. The molecule has 1 aliphatic heterocycles. The van der Waals surface area contributed by atoms with Crippen LogP contribution in [0.5, 0.6) is 0 Å². The fraction of sp³-hybridized carbons (Fsp3) is 1.00. The second-order valence-electron chi connectivity index (χ2n) is 3.24. The number of aliphatic hydroxyl groups excluding tert-OH is 1. The summed E-state index contributed by atoms with van der Waals surface area (Å²) in [6.45, 7) is 1.49. The second kappa shape index (κ2) is 4.09. The van der Waals surface area contributed by atoms with Gasteiger partial charge in [0.05, 0.1) is 18.8 Å². The zero-order valence-corrected chi connectivity index (χ0v) is 8.35. The monoisotopic (exact) mass is 227 g/mol. The van der Waals surface area contributed by atoms with Crippen LogP contribution in [0.4, 0.5) is 0 Å². The Bertz CT molecular complexity index is 291. The predicted octanol–water partition coefficient (Wildman–Crippen LogP) is -1.51. The van der Waals surface area contributed by atoms with Crippen LogP contribution >= 0.6 is 0 Å². The van der Waals surface area contributed by atoms with Crippen molar-refractivity contribution in [1.82, 2.24) is 0 Å². The molecule has 0 radical (unpaired) electrons. The van der Waals surface area contributed by atoms with E-state index in [9.17, 15) is 13.5 Å². The molecule has 4 atom stereocenters. The van der Waals surface area contributed by atoms with E-state index in [1.54, 1.807) is 0 Å². The van der Waals surface area contributed by atoms with E-state index >= 15 is 0 Å². The number of rotatable bonds is 2. The number of ether oxygens (including phenoxy) is 1. The molecular formula is C6H13NO6S. The molecule has 0 saturated carbocycles. The molecule has 1 fully saturated rings. The van der Waals surface area contributed by atoms with E-state index in [0.717, 1.165) is 0 Å². The van der Waals surface area contributed by atoms with Crippen molar-refractivity contribution in [2.75, 3.05) is 6.61 Å². The topological polar surface area (TPSA) is 119 Å². The lowest BCUT2D eigenvalue weighted by atomic mass is 9.96. The van der Waals surface area contributed by atoms with Gasteiger partial charge in [0, 0.05) is 5.92 Å². The van der Waals surface area contributed by atoms with Crippen LogP contribution in [0, 0.1) is 5.92 Å². The summed E-state index contributed by atoms with van der Waals surface area (Å²) in [6.07, 6.45) is -2.12. The molecule has 1 rings (SSSR count). The first-order valence-electron chi connectivity index (χ1n) is 4.02. The van der Waals surface area contributed by atoms with Crippen LogP contribution in [-0.4, -0.2) is 43.1 Å². The van der Waals surface area contributed by atoms with Gasteiger partial charge in [0.15, 0.2) is 6.29 Å². The minimum absolute atomic E-state index is 0.0221. The third-order valence-corrected chi connectivity index (χ3v) is 2.51. The molecule has 84 valence electrons. The number of hydrogen-bond acceptors (Lipinski definition) is 6. The molecule has 7 nitrogen and oxygen atoms in total. The molecular weight excluding hydrogens is 214 g/mol. The Balaban J connectivity index is 2.64. The summed E-state index contributed by atoms with van der Waals surface area (Å²) in [5.74, 6) is -0.624. The lowest BCUT2D eigenvalue weighted by Crippen LogP contribution is -2.53. The molecule has 0 spiro atoms. The minimum atomic E-state index is -4.57. The van der Waals surface area contributed by atoms with Crippen molar-refractivity contribution in [3.63, 3.8) is 0 Å². The molecule has 8 heteroatoms. The second-order valence-corrected chi connectivity index (χ2v) is 4.29. The summed E-state index contributed by atoms with van der Waals surface area (Å²) in [5, 5.41) is 9.45. The fourth-order valence-electron chi connectivity index (χ4n) is 1.24. The first-order valence-corrected chi connectivity index (χ1v) is 5.38. The highest BCUT2D eigenvalue weighted by atomic mass is 32.3. The lowest BCUT2D eigenvalue weighted by Gasteiger charge is -2.35. The van der Waals surface area contributed by atoms with Gasteiger partial charge >= 0.3 is 10.4 Å².